The topological polar surface area (TPSA) is 66.5 Å². The maximum absolute atomic E-state index is 12.1. The minimum absolute atomic E-state index is 0.211. The van der Waals surface area contributed by atoms with Crippen molar-refractivity contribution in [1.29, 1.82) is 0 Å². The summed E-state index contributed by atoms with van der Waals surface area (Å²) in [4.78, 5) is 36.5. The Morgan fingerprint density at radius 2 is 2.05 bits per heavy atom. The molecule has 21 heavy (non-hydrogen) atoms. The first-order chi connectivity index (χ1) is 9.99. The molecule has 3 amide bonds. The summed E-state index contributed by atoms with van der Waals surface area (Å²) in [6, 6.07) is 8.93. The number of imide groups is 1. The van der Waals surface area contributed by atoms with Crippen molar-refractivity contribution in [3.8, 4) is 0 Å². The fourth-order valence-corrected chi connectivity index (χ4v) is 2.53. The van der Waals surface area contributed by atoms with Crippen LogP contribution in [0.3, 0.4) is 0 Å². The highest BCUT2D eigenvalue weighted by Gasteiger charge is 2.33. The second-order valence-electron chi connectivity index (χ2n) is 5.10. The molecule has 1 aromatic carbocycles. The largest absolute Gasteiger partial charge is 0.343 e. The van der Waals surface area contributed by atoms with E-state index in [1.165, 1.54) is 7.05 Å². The number of benzene rings is 1. The highest BCUT2D eigenvalue weighted by atomic mass is 32.1. The quantitative estimate of drug-likeness (QED) is 0.638. The first-order valence-corrected chi connectivity index (χ1v) is 7.33. The number of likely N-dealkylation sites (tertiary alicyclic amines) is 1. The van der Waals surface area contributed by atoms with Crippen molar-refractivity contribution in [3.63, 3.8) is 0 Å². The lowest BCUT2D eigenvalue weighted by atomic mass is 10.0. The summed E-state index contributed by atoms with van der Waals surface area (Å²) in [5.74, 6) is -0.861. The molecule has 2 atom stereocenters. The second kappa shape index (κ2) is 6.76. The van der Waals surface area contributed by atoms with Crippen molar-refractivity contribution in [2.75, 3.05) is 7.05 Å². The van der Waals surface area contributed by atoms with E-state index in [1.807, 2.05) is 30.3 Å². The van der Waals surface area contributed by atoms with Gasteiger partial charge in [-0.3, -0.25) is 19.3 Å². The molecule has 5 nitrogen and oxygen atoms in total. The Morgan fingerprint density at radius 1 is 1.38 bits per heavy atom. The molecule has 1 aromatic rings. The van der Waals surface area contributed by atoms with Crippen LogP contribution in [0.1, 0.15) is 18.4 Å². The minimum Gasteiger partial charge on any atom is -0.343 e. The van der Waals surface area contributed by atoms with Gasteiger partial charge in [-0.25, -0.2) is 0 Å². The molecule has 1 aliphatic rings. The molecule has 1 fully saturated rings. The summed E-state index contributed by atoms with van der Waals surface area (Å²) in [6.45, 7) is 0. The third-order valence-electron chi connectivity index (χ3n) is 3.54. The molecule has 1 aliphatic heterocycles. The summed E-state index contributed by atoms with van der Waals surface area (Å²) in [5, 5.41) is 2.16. The van der Waals surface area contributed by atoms with E-state index in [0.29, 0.717) is 12.8 Å². The molecule has 0 saturated carbocycles. The van der Waals surface area contributed by atoms with Gasteiger partial charge in [0.25, 0.3) is 5.91 Å². The third kappa shape index (κ3) is 3.85. The number of amides is 3. The van der Waals surface area contributed by atoms with Gasteiger partial charge in [0.05, 0.1) is 5.25 Å². The lowest BCUT2D eigenvalue weighted by Crippen LogP contribution is -2.54. The van der Waals surface area contributed by atoms with Crippen LogP contribution >= 0.6 is 12.6 Å². The Labute approximate surface area is 129 Å². The van der Waals surface area contributed by atoms with Crippen LogP contribution in [0.2, 0.25) is 0 Å². The van der Waals surface area contributed by atoms with E-state index >= 15 is 0 Å². The van der Waals surface area contributed by atoms with Gasteiger partial charge in [0.1, 0.15) is 6.04 Å². The van der Waals surface area contributed by atoms with Crippen LogP contribution in [0.15, 0.2) is 30.3 Å². The molecule has 6 heteroatoms. The first kappa shape index (κ1) is 15.6. The second-order valence-corrected chi connectivity index (χ2v) is 5.72. The van der Waals surface area contributed by atoms with E-state index < -0.39 is 11.3 Å². The van der Waals surface area contributed by atoms with Crippen LogP contribution in [0.4, 0.5) is 0 Å². The number of hydrogen-bond donors (Lipinski definition) is 2. The van der Waals surface area contributed by atoms with Gasteiger partial charge in [0.15, 0.2) is 0 Å². The molecule has 0 spiro atoms. The van der Waals surface area contributed by atoms with Crippen LogP contribution in [-0.2, 0) is 20.8 Å². The van der Waals surface area contributed by atoms with Crippen molar-refractivity contribution >= 4 is 30.4 Å². The zero-order valence-corrected chi connectivity index (χ0v) is 12.7. The number of nitrogens with one attached hydrogen (secondary N) is 1. The number of carbonyl (C=O) groups is 3. The molecule has 2 unspecified atom stereocenters. The van der Waals surface area contributed by atoms with E-state index in [1.54, 1.807) is 0 Å². The normalized spacial score (nSPS) is 20.3. The maximum Gasteiger partial charge on any atom is 0.251 e. The zero-order valence-electron chi connectivity index (χ0n) is 11.8. The van der Waals surface area contributed by atoms with Gasteiger partial charge in [-0.1, -0.05) is 30.3 Å². The van der Waals surface area contributed by atoms with Crippen LogP contribution < -0.4 is 5.32 Å². The van der Waals surface area contributed by atoms with Crippen molar-refractivity contribution in [2.45, 2.75) is 30.6 Å². The van der Waals surface area contributed by atoms with Crippen molar-refractivity contribution in [1.82, 2.24) is 10.2 Å². The van der Waals surface area contributed by atoms with Gasteiger partial charge in [0.2, 0.25) is 11.8 Å². The third-order valence-corrected chi connectivity index (χ3v) is 3.96. The smallest absolute Gasteiger partial charge is 0.251 e. The Bertz CT molecular complexity index is 547. The number of nitrogens with zero attached hydrogens (tertiary/aromatic N) is 1. The van der Waals surface area contributed by atoms with E-state index in [9.17, 15) is 14.4 Å². The first-order valence-electron chi connectivity index (χ1n) is 6.82. The van der Waals surface area contributed by atoms with Crippen LogP contribution in [0.25, 0.3) is 0 Å². The predicted molar refractivity (Wildman–Crippen MR) is 81.9 cm³/mol. The van der Waals surface area contributed by atoms with Crippen molar-refractivity contribution in [3.05, 3.63) is 35.9 Å². The summed E-state index contributed by atoms with van der Waals surface area (Å²) in [5.41, 5.74) is 1.01. The SMILES string of the molecule is CN1C(=O)CCC(NC(=O)C(S)Cc2ccccc2)C1=O. The van der Waals surface area contributed by atoms with Gasteiger partial charge in [0, 0.05) is 13.5 Å². The number of thiol groups is 1. The maximum atomic E-state index is 12.1. The molecule has 0 aromatic heterocycles. The standard InChI is InChI=1S/C15H18N2O3S/c1-17-13(18)8-7-11(15(17)20)16-14(19)12(21)9-10-5-3-2-4-6-10/h2-6,11-12,21H,7-9H2,1H3,(H,16,19). The van der Waals surface area contributed by atoms with Gasteiger partial charge in [-0.15, -0.1) is 0 Å². The van der Waals surface area contributed by atoms with Gasteiger partial charge in [-0.2, -0.15) is 12.6 Å². The Hall–Kier alpha value is -1.82. The molecular weight excluding hydrogens is 288 g/mol. The van der Waals surface area contributed by atoms with Crippen molar-refractivity contribution in [2.24, 2.45) is 0 Å². The molecule has 0 bridgehead atoms. The van der Waals surface area contributed by atoms with Gasteiger partial charge >= 0.3 is 0 Å². The monoisotopic (exact) mass is 306 g/mol. The average Bonchev–Trinajstić information content (AvgIpc) is 2.48. The molecule has 1 saturated heterocycles. The minimum atomic E-state index is -0.634. The summed E-state index contributed by atoms with van der Waals surface area (Å²) in [6.07, 6.45) is 1.11. The van der Waals surface area contributed by atoms with Crippen molar-refractivity contribution < 1.29 is 14.4 Å². The average molecular weight is 306 g/mol. The number of piperidine rings is 1. The molecule has 112 valence electrons. The summed E-state index contributed by atoms with van der Waals surface area (Å²) >= 11 is 4.30. The molecular formula is C15H18N2O3S. The van der Waals surface area contributed by atoms with Crippen LogP contribution in [-0.4, -0.2) is 41.0 Å². The lowest BCUT2D eigenvalue weighted by Gasteiger charge is -2.28. The highest BCUT2D eigenvalue weighted by molar-refractivity contribution is 7.81. The Kier molecular flexibility index (Phi) is 5.01. The number of hydrogen-bond acceptors (Lipinski definition) is 4. The van der Waals surface area contributed by atoms with E-state index in [0.717, 1.165) is 10.5 Å². The van der Waals surface area contributed by atoms with Gasteiger partial charge in [-0.05, 0) is 18.4 Å². The fraction of sp³-hybridized carbons (Fsp3) is 0.400. The molecule has 2 rings (SSSR count). The molecule has 0 radical (unpaired) electrons. The zero-order chi connectivity index (χ0) is 15.4. The highest BCUT2D eigenvalue weighted by Crippen LogP contribution is 2.13. The van der Waals surface area contributed by atoms with E-state index in [4.69, 9.17) is 0 Å². The predicted octanol–water partition coefficient (Wildman–Crippen LogP) is 0.791. The molecule has 0 aliphatic carbocycles. The fourth-order valence-electron chi connectivity index (χ4n) is 2.25. The van der Waals surface area contributed by atoms with E-state index in [2.05, 4.69) is 17.9 Å². The van der Waals surface area contributed by atoms with E-state index in [-0.39, 0.29) is 24.1 Å². The number of likely N-dealkylation sites (N-methyl/N-ethyl adjacent to an activating group) is 1. The summed E-state index contributed by atoms with van der Waals surface area (Å²) < 4.78 is 0. The molecule has 1 heterocycles. The summed E-state index contributed by atoms with van der Waals surface area (Å²) in [7, 11) is 1.44. The van der Waals surface area contributed by atoms with Crippen LogP contribution in [0, 0.1) is 0 Å². The lowest BCUT2D eigenvalue weighted by molar-refractivity contribution is -0.149. The Morgan fingerprint density at radius 3 is 2.71 bits per heavy atom. The molecule has 1 N–H and O–H groups in total. The number of carbonyl (C=O) groups excluding carboxylic acids is 3. The van der Waals surface area contributed by atoms with Crippen LogP contribution in [0.5, 0.6) is 0 Å². The Balaban J connectivity index is 1.92. The number of rotatable bonds is 4. The van der Waals surface area contributed by atoms with Gasteiger partial charge < -0.3 is 5.32 Å².